The Morgan fingerprint density at radius 1 is 1.17 bits per heavy atom. The van der Waals surface area contributed by atoms with Crippen LogP contribution in [0, 0.1) is 13.8 Å². The predicted octanol–water partition coefficient (Wildman–Crippen LogP) is 4.20. The molecule has 0 amide bonds. The number of pyridine rings is 1. The number of aromatic nitrogens is 2. The summed E-state index contributed by atoms with van der Waals surface area (Å²) < 4.78 is 7.19. The molecule has 0 aliphatic carbocycles. The van der Waals surface area contributed by atoms with Crippen LogP contribution in [0.3, 0.4) is 0 Å². The monoisotopic (exact) mass is 491 g/mol. The van der Waals surface area contributed by atoms with Gasteiger partial charge in [-0.25, -0.2) is 4.79 Å². The highest BCUT2D eigenvalue weighted by atomic mass is 32.1. The molecule has 184 valence electrons. The molecule has 4 rings (SSSR count). The van der Waals surface area contributed by atoms with Crippen molar-refractivity contribution in [2.75, 3.05) is 34.3 Å². The molecule has 2 atom stereocenters. The van der Waals surface area contributed by atoms with E-state index in [0.29, 0.717) is 5.56 Å². The fourth-order valence-corrected chi connectivity index (χ4v) is 5.28. The number of aryl methyl sites for hydroxylation is 1. The molecule has 1 N–H and O–H groups in total. The SMILES string of the molecule is COC(=O)c1ccccc1-n1c(C)cc(C2C(c3ccccn3)NC(=S)N2CCCN(C)C)c1C. The fraction of sp³-hybridized carbons (Fsp3) is 0.370. The lowest BCUT2D eigenvalue weighted by atomic mass is 9.96. The van der Waals surface area contributed by atoms with Gasteiger partial charge >= 0.3 is 5.97 Å². The summed E-state index contributed by atoms with van der Waals surface area (Å²) in [5, 5.41) is 4.28. The van der Waals surface area contributed by atoms with E-state index in [9.17, 15) is 4.79 Å². The van der Waals surface area contributed by atoms with Crippen molar-refractivity contribution in [3.63, 3.8) is 0 Å². The third-order valence-electron chi connectivity index (χ3n) is 6.54. The van der Waals surface area contributed by atoms with Crippen molar-refractivity contribution >= 4 is 23.3 Å². The predicted molar refractivity (Wildman–Crippen MR) is 142 cm³/mol. The van der Waals surface area contributed by atoms with Crippen molar-refractivity contribution < 1.29 is 9.53 Å². The molecule has 1 aliphatic rings. The van der Waals surface area contributed by atoms with Crippen molar-refractivity contribution in [3.8, 4) is 5.69 Å². The van der Waals surface area contributed by atoms with E-state index in [0.717, 1.165) is 53.0 Å². The van der Waals surface area contributed by atoms with Crippen LogP contribution in [0.4, 0.5) is 0 Å². The molecule has 3 heterocycles. The van der Waals surface area contributed by atoms with Gasteiger partial charge in [0.25, 0.3) is 0 Å². The molecule has 8 heteroatoms. The zero-order chi connectivity index (χ0) is 25.1. The zero-order valence-corrected chi connectivity index (χ0v) is 21.8. The number of hydrogen-bond donors (Lipinski definition) is 1. The Kier molecular flexibility index (Phi) is 7.52. The third kappa shape index (κ3) is 4.94. The molecule has 0 bridgehead atoms. The lowest BCUT2D eigenvalue weighted by molar-refractivity contribution is 0.0600. The van der Waals surface area contributed by atoms with Gasteiger partial charge in [-0.15, -0.1) is 0 Å². The van der Waals surface area contributed by atoms with Crippen molar-refractivity contribution in [1.82, 2.24) is 24.7 Å². The minimum absolute atomic E-state index is 0.0233. The molecule has 1 aromatic carbocycles. The second kappa shape index (κ2) is 10.6. The summed E-state index contributed by atoms with van der Waals surface area (Å²) in [6, 6.07) is 15.6. The number of para-hydroxylation sites is 1. The zero-order valence-electron chi connectivity index (χ0n) is 21.0. The number of nitrogens with one attached hydrogen (secondary N) is 1. The summed E-state index contributed by atoms with van der Waals surface area (Å²) in [6.07, 6.45) is 2.81. The summed E-state index contributed by atoms with van der Waals surface area (Å²) in [5.74, 6) is -0.352. The molecule has 35 heavy (non-hydrogen) atoms. The first kappa shape index (κ1) is 24.9. The van der Waals surface area contributed by atoms with E-state index in [1.807, 2.05) is 42.6 Å². The van der Waals surface area contributed by atoms with Gasteiger partial charge < -0.3 is 24.4 Å². The van der Waals surface area contributed by atoms with Crippen molar-refractivity contribution in [1.29, 1.82) is 0 Å². The largest absolute Gasteiger partial charge is 0.465 e. The Morgan fingerprint density at radius 3 is 2.60 bits per heavy atom. The second-order valence-corrected chi connectivity index (χ2v) is 9.53. The van der Waals surface area contributed by atoms with Crippen LogP contribution in [-0.4, -0.2) is 64.7 Å². The standard InChI is InChI=1S/C27H33N5O2S/c1-18-17-21(19(2)32(18)23-13-7-6-11-20(23)26(33)34-5)25-24(22-12-8-9-14-28-22)29-27(35)31(25)16-10-15-30(3)4/h6-9,11-14,17,24-25H,10,15-16H2,1-5H3,(H,29,35). The second-order valence-electron chi connectivity index (χ2n) is 9.15. The number of methoxy groups -OCH3 is 1. The number of nitrogens with zero attached hydrogens (tertiary/aromatic N) is 4. The van der Waals surface area contributed by atoms with Gasteiger partial charge in [-0.3, -0.25) is 4.98 Å². The molecule has 0 spiro atoms. The summed E-state index contributed by atoms with van der Waals surface area (Å²) in [7, 11) is 5.58. The van der Waals surface area contributed by atoms with Crippen LogP contribution >= 0.6 is 12.2 Å². The van der Waals surface area contributed by atoms with E-state index in [4.69, 9.17) is 17.0 Å². The number of benzene rings is 1. The molecule has 2 aromatic heterocycles. The van der Waals surface area contributed by atoms with Crippen LogP contribution < -0.4 is 5.32 Å². The number of ether oxygens (including phenoxy) is 1. The number of carbonyl (C=O) groups excluding carboxylic acids is 1. The quantitative estimate of drug-likeness (QED) is 0.374. The Hall–Kier alpha value is -3.23. The molecular formula is C27H33N5O2S. The number of hydrogen-bond acceptors (Lipinski definition) is 5. The molecule has 1 aliphatic heterocycles. The Balaban J connectivity index is 1.81. The van der Waals surface area contributed by atoms with E-state index in [1.165, 1.54) is 7.11 Å². The number of carbonyl (C=O) groups is 1. The lowest BCUT2D eigenvalue weighted by Gasteiger charge is -2.28. The molecule has 2 unspecified atom stereocenters. The van der Waals surface area contributed by atoms with Gasteiger partial charge in [0.15, 0.2) is 5.11 Å². The first-order valence-electron chi connectivity index (χ1n) is 11.8. The maximum atomic E-state index is 12.5. The van der Waals surface area contributed by atoms with E-state index < -0.39 is 0 Å². The summed E-state index contributed by atoms with van der Waals surface area (Å²) in [5.41, 5.74) is 5.56. The van der Waals surface area contributed by atoms with E-state index in [-0.39, 0.29) is 18.1 Å². The normalized spacial score (nSPS) is 17.7. The van der Waals surface area contributed by atoms with Crippen molar-refractivity contribution in [2.45, 2.75) is 32.4 Å². The molecule has 0 radical (unpaired) electrons. The molecule has 1 saturated heterocycles. The van der Waals surface area contributed by atoms with Crippen LogP contribution in [0.15, 0.2) is 54.7 Å². The average molecular weight is 492 g/mol. The molecule has 1 fully saturated rings. The first-order chi connectivity index (χ1) is 16.8. The van der Waals surface area contributed by atoms with Gasteiger partial charge in [0.05, 0.1) is 36.1 Å². The molecule has 7 nitrogen and oxygen atoms in total. The fourth-order valence-electron chi connectivity index (χ4n) is 4.95. The highest BCUT2D eigenvalue weighted by molar-refractivity contribution is 7.80. The van der Waals surface area contributed by atoms with Crippen LogP contribution in [0.1, 0.15) is 51.5 Å². The number of thiocarbonyl (C=S) groups is 1. The lowest BCUT2D eigenvalue weighted by Crippen LogP contribution is -2.32. The van der Waals surface area contributed by atoms with Crippen LogP contribution in [0.5, 0.6) is 0 Å². The topological polar surface area (TPSA) is 62.6 Å². The highest BCUT2D eigenvalue weighted by Gasteiger charge is 2.41. The third-order valence-corrected chi connectivity index (χ3v) is 6.89. The minimum Gasteiger partial charge on any atom is -0.465 e. The number of rotatable bonds is 8. The van der Waals surface area contributed by atoms with Gasteiger partial charge in [-0.1, -0.05) is 18.2 Å². The maximum absolute atomic E-state index is 12.5. The summed E-state index contributed by atoms with van der Waals surface area (Å²) in [6.45, 7) is 5.98. The van der Waals surface area contributed by atoms with Crippen LogP contribution in [-0.2, 0) is 4.74 Å². The van der Waals surface area contributed by atoms with E-state index in [1.54, 1.807) is 6.07 Å². The number of esters is 1. The maximum Gasteiger partial charge on any atom is 0.339 e. The van der Waals surface area contributed by atoms with Crippen molar-refractivity contribution in [3.05, 3.63) is 82.9 Å². The molecule has 3 aromatic rings. The minimum atomic E-state index is -0.352. The Labute approximate surface area is 212 Å². The van der Waals surface area contributed by atoms with E-state index in [2.05, 4.69) is 58.7 Å². The van der Waals surface area contributed by atoms with Gasteiger partial charge in [0.1, 0.15) is 0 Å². The van der Waals surface area contributed by atoms with Crippen LogP contribution in [0.2, 0.25) is 0 Å². The summed E-state index contributed by atoms with van der Waals surface area (Å²) in [4.78, 5) is 21.6. The Morgan fingerprint density at radius 2 is 1.91 bits per heavy atom. The smallest absolute Gasteiger partial charge is 0.339 e. The van der Waals surface area contributed by atoms with Gasteiger partial charge in [-0.05, 0) is 89.0 Å². The Bertz CT molecular complexity index is 1210. The summed E-state index contributed by atoms with van der Waals surface area (Å²) >= 11 is 5.83. The molecule has 0 saturated carbocycles. The van der Waals surface area contributed by atoms with Crippen molar-refractivity contribution in [2.24, 2.45) is 0 Å². The molecular weight excluding hydrogens is 458 g/mol. The highest BCUT2D eigenvalue weighted by Crippen LogP contribution is 2.41. The van der Waals surface area contributed by atoms with Gasteiger partial charge in [0.2, 0.25) is 0 Å². The first-order valence-corrected chi connectivity index (χ1v) is 12.2. The average Bonchev–Trinajstić information content (AvgIpc) is 3.33. The van der Waals surface area contributed by atoms with Gasteiger partial charge in [0, 0.05) is 24.1 Å². The van der Waals surface area contributed by atoms with Crippen LogP contribution in [0.25, 0.3) is 5.69 Å². The van der Waals surface area contributed by atoms with Gasteiger partial charge in [-0.2, -0.15) is 0 Å². The van der Waals surface area contributed by atoms with E-state index >= 15 is 0 Å².